The number of aliphatic carboxylic acids is 1. The van der Waals surface area contributed by atoms with Gasteiger partial charge in [0.15, 0.2) is 0 Å². The van der Waals surface area contributed by atoms with Crippen LogP contribution in [0, 0.1) is 11.8 Å². The molecule has 0 saturated heterocycles. The van der Waals surface area contributed by atoms with E-state index in [4.69, 9.17) is 5.11 Å². The number of carboxylic acid groups (broad SMARTS) is 1. The van der Waals surface area contributed by atoms with Gasteiger partial charge in [-0.15, -0.1) is 0 Å². The number of rotatable bonds is 5. The van der Waals surface area contributed by atoms with E-state index in [1.54, 1.807) is 0 Å². The summed E-state index contributed by atoms with van der Waals surface area (Å²) in [5.74, 6) is -0.184. The average molecular weight is 242 g/mol. The van der Waals surface area contributed by atoms with Crippen LogP contribution in [0.4, 0.5) is 4.79 Å². The summed E-state index contributed by atoms with van der Waals surface area (Å²) in [5, 5.41) is 14.2. The average Bonchev–Trinajstić information content (AvgIpc) is 2.60. The van der Waals surface area contributed by atoms with Gasteiger partial charge in [0.05, 0.1) is 0 Å². The molecule has 5 heteroatoms. The van der Waals surface area contributed by atoms with Crippen molar-refractivity contribution in [3.8, 4) is 0 Å². The van der Waals surface area contributed by atoms with Crippen molar-refractivity contribution >= 4 is 12.0 Å². The first-order valence-corrected chi connectivity index (χ1v) is 6.23. The van der Waals surface area contributed by atoms with Gasteiger partial charge in [0.1, 0.15) is 0 Å². The highest BCUT2D eigenvalue weighted by Gasteiger charge is 2.22. The number of carbonyl (C=O) groups excluding carboxylic acids is 1. The predicted octanol–water partition coefficient (Wildman–Crippen LogP) is 1.58. The maximum atomic E-state index is 11.5. The van der Waals surface area contributed by atoms with E-state index < -0.39 is 5.97 Å². The molecule has 0 radical (unpaired) electrons. The zero-order chi connectivity index (χ0) is 12.8. The van der Waals surface area contributed by atoms with Crippen molar-refractivity contribution in [2.45, 2.75) is 45.6 Å². The zero-order valence-corrected chi connectivity index (χ0v) is 10.5. The fourth-order valence-electron chi connectivity index (χ4n) is 2.21. The second-order valence-electron chi connectivity index (χ2n) is 5.17. The summed E-state index contributed by atoms with van der Waals surface area (Å²) in [4.78, 5) is 22.0. The van der Waals surface area contributed by atoms with E-state index in [-0.39, 0.29) is 24.4 Å². The van der Waals surface area contributed by atoms with E-state index in [1.807, 2.05) is 6.92 Å². The summed E-state index contributed by atoms with van der Waals surface area (Å²) in [6.07, 6.45) is 3.33. The molecule has 0 aliphatic heterocycles. The second-order valence-corrected chi connectivity index (χ2v) is 5.17. The van der Waals surface area contributed by atoms with Gasteiger partial charge in [0, 0.05) is 19.0 Å². The number of hydrogen-bond acceptors (Lipinski definition) is 2. The normalized spacial score (nSPS) is 25.3. The van der Waals surface area contributed by atoms with E-state index in [2.05, 4.69) is 17.6 Å². The predicted molar refractivity (Wildman–Crippen MR) is 64.8 cm³/mol. The smallest absolute Gasteiger partial charge is 0.315 e. The third-order valence-corrected chi connectivity index (χ3v) is 3.16. The fraction of sp³-hybridized carbons (Fsp3) is 0.833. The Labute approximate surface area is 102 Å². The van der Waals surface area contributed by atoms with E-state index in [1.165, 1.54) is 6.42 Å². The summed E-state index contributed by atoms with van der Waals surface area (Å²) in [6.45, 7) is 4.40. The van der Waals surface area contributed by atoms with Crippen LogP contribution in [0.15, 0.2) is 0 Å². The quantitative estimate of drug-likeness (QED) is 0.685. The lowest BCUT2D eigenvalue weighted by Gasteiger charge is -2.15. The number of urea groups is 1. The first kappa shape index (κ1) is 13.8. The maximum absolute atomic E-state index is 11.5. The third-order valence-electron chi connectivity index (χ3n) is 3.16. The highest BCUT2D eigenvalue weighted by atomic mass is 16.4. The van der Waals surface area contributed by atoms with Gasteiger partial charge in [0.25, 0.3) is 0 Å². The van der Waals surface area contributed by atoms with Gasteiger partial charge in [-0.05, 0) is 31.1 Å². The molecule has 1 rings (SSSR count). The molecule has 0 spiro atoms. The van der Waals surface area contributed by atoms with Crippen LogP contribution in [0.5, 0.6) is 0 Å². The van der Waals surface area contributed by atoms with Crippen LogP contribution >= 0.6 is 0 Å². The highest BCUT2D eigenvalue weighted by molar-refractivity contribution is 5.74. The largest absolute Gasteiger partial charge is 0.481 e. The molecule has 1 aliphatic rings. The van der Waals surface area contributed by atoms with Crippen molar-refractivity contribution in [3.63, 3.8) is 0 Å². The Kier molecular flexibility index (Phi) is 5.25. The Bertz CT molecular complexity index is 281. The molecular weight excluding hydrogens is 220 g/mol. The van der Waals surface area contributed by atoms with E-state index >= 15 is 0 Å². The maximum Gasteiger partial charge on any atom is 0.315 e. The number of hydrogen-bond donors (Lipinski definition) is 3. The Morgan fingerprint density at radius 1 is 1.41 bits per heavy atom. The van der Waals surface area contributed by atoms with Crippen LogP contribution in [0.3, 0.4) is 0 Å². The molecule has 3 unspecified atom stereocenters. The Balaban J connectivity index is 2.14. The van der Waals surface area contributed by atoms with Crippen molar-refractivity contribution in [1.82, 2.24) is 10.6 Å². The minimum atomic E-state index is -0.829. The lowest BCUT2D eigenvalue weighted by molar-refractivity contribution is -0.137. The van der Waals surface area contributed by atoms with Crippen LogP contribution in [0.1, 0.15) is 39.5 Å². The van der Waals surface area contributed by atoms with Crippen LogP contribution < -0.4 is 10.6 Å². The molecule has 3 atom stereocenters. The van der Waals surface area contributed by atoms with E-state index in [0.717, 1.165) is 12.8 Å². The molecule has 0 aromatic carbocycles. The topological polar surface area (TPSA) is 78.4 Å². The lowest BCUT2D eigenvalue weighted by atomic mass is 10.1. The summed E-state index contributed by atoms with van der Waals surface area (Å²) < 4.78 is 0. The molecule has 2 amide bonds. The molecule has 1 fully saturated rings. The van der Waals surface area contributed by atoms with Crippen molar-refractivity contribution < 1.29 is 14.7 Å². The number of amides is 2. The lowest BCUT2D eigenvalue weighted by Crippen LogP contribution is -2.42. The van der Waals surface area contributed by atoms with Crippen molar-refractivity contribution in [2.24, 2.45) is 11.8 Å². The van der Waals surface area contributed by atoms with E-state index in [9.17, 15) is 9.59 Å². The first-order chi connectivity index (χ1) is 7.97. The molecule has 1 saturated carbocycles. The standard InChI is InChI=1S/C12H22N2O3/c1-8-3-4-10(5-8)14-12(17)13-7-9(2)6-11(15)16/h8-10H,3-7H2,1-2H3,(H,15,16)(H2,13,14,17). The summed E-state index contributed by atoms with van der Waals surface area (Å²) in [7, 11) is 0. The summed E-state index contributed by atoms with van der Waals surface area (Å²) >= 11 is 0. The molecule has 0 heterocycles. The minimum absolute atomic E-state index is 0.0410. The number of nitrogens with one attached hydrogen (secondary N) is 2. The molecule has 5 nitrogen and oxygen atoms in total. The van der Waals surface area contributed by atoms with Crippen molar-refractivity contribution in [1.29, 1.82) is 0 Å². The van der Waals surface area contributed by atoms with Gasteiger partial charge in [-0.1, -0.05) is 13.8 Å². The Morgan fingerprint density at radius 2 is 2.12 bits per heavy atom. The van der Waals surface area contributed by atoms with Crippen LogP contribution in [0.25, 0.3) is 0 Å². The Hall–Kier alpha value is -1.26. The molecule has 98 valence electrons. The fourth-order valence-corrected chi connectivity index (χ4v) is 2.21. The molecule has 17 heavy (non-hydrogen) atoms. The third kappa shape index (κ3) is 5.56. The summed E-state index contributed by atoms with van der Waals surface area (Å²) in [5.41, 5.74) is 0. The van der Waals surface area contributed by atoms with Gasteiger partial charge in [-0.25, -0.2) is 4.79 Å². The minimum Gasteiger partial charge on any atom is -0.481 e. The molecule has 3 N–H and O–H groups in total. The molecular formula is C12H22N2O3. The second kappa shape index (κ2) is 6.47. The monoisotopic (exact) mass is 242 g/mol. The molecule has 0 aromatic rings. The van der Waals surface area contributed by atoms with Gasteiger partial charge < -0.3 is 15.7 Å². The molecule has 0 bridgehead atoms. The van der Waals surface area contributed by atoms with Crippen molar-refractivity contribution in [3.05, 3.63) is 0 Å². The molecule has 1 aliphatic carbocycles. The van der Waals surface area contributed by atoms with Crippen LogP contribution in [0.2, 0.25) is 0 Å². The van der Waals surface area contributed by atoms with Gasteiger partial charge >= 0.3 is 12.0 Å². The Morgan fingerprint density at radius 3 is 2.65 bits per heavy atom. The van der Waals surface area contributed by atoms with E-state index in [0.29, 0.717) is 12.5 Å². The van der Waals surface area contributed by atoms with Gasteiger partial charge in [-0.2, -0.15) is 0 Å². The summed E-state index contributed by atoms with van der Waals surface area (Å²) in [6, 6.07) is 0.0983. The first-order valence-electron chi connectivity index (χ1n) is 6.23. The van der Waals surface area contributed by atoms with Crippen molar-refractivity contribution in [2.75, 3.05) is 6.54 Å². The highest BCUT2D eigenvalue weighted by Crippen LogP contribution is 2.24. The van der Waals surface area contributed by atoms with Gasteiger partial charge in [0.2, 0.25) is 0 Å². The van der Waals surface area contributed by atoms with Crippen LogP contribution in [-0.2, 0) is 4.79 Å². The number of carboxylic acids is 1. The SMILES string of the molecule is CC(CNC(=O)NC1CCC(C)C1)CC(=O)O. The van der Waals surface area contributed by atoms with Gasteiger partial charge in [-0.3, -0.25) is 4.79 Å². The zero-order valence-electron chi connectivity index (χ0n) is 10.5. The molecule has 0 aromatic heterocycles. The van der Waals surface area contributed by atoms with Crippen LogP contribution in [-0.4, -0.2) is 29.7 Å². The number of carbonyl (C=O) groups is 2.